The van der Waals surface area contributed by atoms with Crippen LogP contribution in [0.4, 0.5) is 10.3 Å². The van der Waals surface area contributed by atoms with Crippen LogP contribution in [0.15, 0.2) is 12.1 Å². The first-order valence-electron chi connectivity index (χ1n) is 5.24. The van der Waals surface area contributed by atoms with Crippen molar-refractivity contribution in [2.75, 3.05) is 26.4 Å². The smallest absolute Gasteiger partial charge is 0.201 e. The van der Waals surface area contributed by atoms with E-state index in [0.717, 1.165) is 12.1 Å². The Morgan fingerprint density at radius 2 is 2.18 bits per heavy atom. The summed E-state index contributed by atoms with van der Waals surface area (Å²) in [6, 6.07) is 2.87. The van der Waals surface area contributed by atoms with E-state index in [1.54, 1.807) is 6.07 Å². The average Bonchev–Trinajstić information content (AvgIpc) is 2.52. The Labute approximate surface area is 104 Å². The quantitative estimate of drug-likeness (QED) is 0.913. The maximum absolute atomic E-state index is 13.3. The number of nitrogen functional groups attached to an aromatic ring is 1. The first-order valence-corrected chi connectivity index (χ1v) is 5.62. The molecule has 0 atom stereocenters. The lowest BCUT2D eigenvalue weighted by molar-refractivity contribution is 0.387. The lowest BCUT2D eigenvalue weighted by Gasteiger charge is -2.11. The van der Waals surface area contributed by atoms with Crippen LogP contribution in [0, 0.1) is 5.82 Å². The van der Waals surface area contributed by atoms with Gasteiger partial charge < -0.3 is 15.2 Å². The van der Waals surface area contributed by atoms with Crippen LogP contribution in [0.3, 0.4) is 0 Å². The Hall–Kier alpha value is -1.33. The standard InChI is InChI=1S/C11H14ClFN4/c1-16(2)3-4-17-10-5-7(12)8(13)6-9(10)15-11(17)14/h5-6H,3-4H2,1-2H3,(H2,14,15). The van der Waals surface area contributed by atoms with Gasteiger partial charge in [0.25, 0.3) is 0 Å². The van der Waals surface area contributed by atoms with Gasteiger partial charge in [-0.15, -0.1) is 0 Å². The van der Waals surface area contributed by atoms with Crippen molar-refractivity contribution in [3.05, 3.63) is 23.0 Å². The first kappa shape index (κ1) is 12.1. The van der Waals surface area contributed by atoms with E-state index in [2.05, 4.69) is 4.98 Å². The van der Waals surface area contributed by atoms with E-state index in [0.29, 0.717) is 18.0 Å². The highest BCUT2D eigenvalue weighted by atomic mass is 35.5. The molecule has 0 radical (unpaired) electrons. The van der Waals surface area contributed by atoms with Crippen LogP contribution in [0.1, 0.15) is 0 Å². The van der Waals surface area contributed by atoms with E-state index in [-0.39, 0.29) is 5.02 Å². The largest absolute Gasteiger partial charge is 0.369 e. The minimum Gasteiger partial charge on any atom is -0.369 e. The Morgan fingerprint density at radius 1 is 1.47 bits per heavy atom. The number of aromatic nitrogens is 2. The minimum absolute atomic E-state index is 0.0866. The Balaban J connectivity index is 2.47. The number of hydrogen-bond acceptors (Lipinski definition) is 3. The maximum Gasteiger partial charge on any atom is 0.201 e. The molecule has 0 aliphatic heterocycles. The Morgan fingerprint density at radius 3 is 2.82 bits per heavy atom. The van der Waals surface area contributed by atoms with Crippen molar-refractivity contribution >= 4 is 28.6 Å². The number of halogens is 2. The number of imidazole rings is 1. The Bertz CT molecular complexity index is 550. The zero-order valence-electron chi connectivity index (χ0n) is 9.74. The molecule has 1 aromatic carbocycles. The average molecular weight is 257 g/mol. The third-order valence-corrected chi connectivity index (χ3v) is 2.88. The second-order valence-electron chi connectivity index (χ2n) is 4.18. The predicted octanol–water partition coefficient (Wildman–Crippen LogP) is 1.97. The molecule has 0 spiro atoms. The summed E-state index contributed by atoms with van der Waals surface area (Å²) < 4.78 is 15.1. The highest BCUT2D eigenvalue weighted by Crippen LogP contribution is 2.24. The predicted molar refractivity (Wildman–Crippen MR) is 67.7 cm³/mol. The summed E-state index contributed by atoms with van der Waals surface area (Å²) in [4.78, 5) is 6.15. The van der Waals surface area contributed by atoms with E-state index in [4.69, 9.17) is 17.3 Å². The molecular formula is C11H14ClFN4. The van der Waals surface area contributed by atoms with Gasteiger partial charge in [-0.2, -0.15) is 0 Å². The summed E-state index contributed by atoms with van der Waals surface area (Å²) in [5, 5.41) is 0.0866. The summed E-state index contributed by atoms with van der Waals surface area (Å²) in [5.74, 6) is -0.0973. The van der Waals surface area contributed by atoms with Gasteiger partial charge in [-0.3, -0.25) is 0 Å². The highest BCUT2D eigenvalue weighted by molar-refractivity contribution is 6.31. The van der Waals surface area contributed by atoms with Crippen LogP contribution in [0.5, 0.6) is 0 Å². The fourth-order valence-corrected chi connectivity index (χ4v) is 1.83. The molecule has 6 heteroatoms. The van der Waals surface area contributed by atoms with Crippen LogP contribution in [-0.4, -0.2) is 35.1 Å². The number of anilines is 1. The molecule has 4 nitrogen and oxygen atoms in total. The van der Waals surface area contributed by atoms with Crippen molar-refractivity contribution in [2.45, 2.75) is 6.54 Å². The van der Waals surface area contributed by atoms with Gasteiger partial charge in [0.15, 0.2) is 0 Å². The molecule has 2 rings (SSSR count). The summed E-state index contributed by atoms with van der Waals surface area (Å²) in [6.45, 7) is 1.52. The van der Waals surface area contributed by atoms with E-state index < -0.39 is 5.82 Å². The van der Waals surface area contributed by atoms with Crippen molar-refractivity contribution in [1.29, 1.82) is 0 Å². The zero-order chi connectivity index (χ0) is 12.6. The number of hydrogen-bond donors (Lipinski definition) is 1. The van der Waals surface area contributed by atoms with Gasteiger partial charge in [-0.25, -0.2) is 9.37 Å². The number of likely N-dealkylation sites (N-methyl/N-ethyl adjacent to an activating group) is 1. The van der Waals surface area contributed by atoms with E-state index in [9.17, 15) is 4.39 Å². The van der Waals surface area contributed by atoms with E-state index >= 15 is 0 Å². The third kappa shape index (κ3) is 2.35. The van der Waals surface area contributed by atoms with E-state index in [1.165, 1.54) is 6.07 Å². The molecule has 0 saturated heterocycles. The number of nitrogens with zero attached hydrogens (tertiary/aromatic N) is 3. The van der Waals surface area contributed by atoms with Gasteiger partial charge in [0.05, 0.1) is 16.1 Å². The number of nitrogens with two attached hydrogens (primary N) is 1. The molecule has 92 valence electrons. The molecule has 0 aliphatic carbocycles. The Kier molecular flexibility index (Phi) is 3.22. The lowest BCUT2D eigenvalue weighted by Crippen LogP contribution is -2.19. The molecule has 0 fully saturated rings. The number of fused-ring (bicyclic) bond motifs is 1. The highest BCUT2D eigenvalue weighted by Gasteiger charge is 2.11. The second-order valence-corrected chi connectivity index (χ2v) is 4.59. The SMILES string of the molecule is CN(C)CCn1c(N)nc2cc(F)c(Cl)cc21. The van der Waals surface area contributed by atoms with Gasteiger partial charge in [0, 0.05) is 19.2 Å². The van der Waals surface area contributed by atoms with Crippen LogP contribution < -0.4 is 5.73 Å². The van der Waals surface area contributed by atoms with E-state index in [1.807, 2.05) is 23.6 Å². The van der Waals surface area contributed by atoms with Crippen LogP contribution in [0.25, 0.3) is 11.0 Å². The summed E-state index contributed by atoms with van der Waals surface area (Å²) >= 11 is 5.76. The summed E-state index contributed by atoms with van der Waals surface area (Å²) in [6.07, 6.45) is 0. The molecule has 1 heterocycles. The summed E-state index contributed by atoms with van der Waals surface area (Å²) in [7, 11) is 3.95. The zero-order valence-corrected chi connectivity index (χ0v) is 10.5. The van der Waals surface area contributed by atoms with Gasteiger partial charge in [0.1, 0.15) is 5.82 Å². The fraction of sp³-hybridized carbons (Fsp3) is 0.364. The lowest BCUT2D eigenvalue weighted by atomic mass is 10.3. The van der Waals surface area contributed by atoms with Gasteiger partial charge in [0.2, 0.25) is 5.95 Å². The molecule has 0 saturated carbocycles. The van der Waals surface area contributed by atoms with Gasteiger partial charge in [-0.05, 0) is 20.2 Å². The molecule has 17 heavy (non-hydrogen) atoms. The topological polar surface area (TPSA) is 47.1 Å². The minimum atomic E-state index is -0.476. The van der Waals surface area contributed by atoms with Crippen molar-refractivity contribution < 1.29 is 4.39 Å². The molecule has 0 aliphatic rings. The molecule has 2 aromatic rings. The first-order chi connectivity index (χ1) is 7.99. The monoisotopic (exact) mass is 256 g/mol. The van der Waals surface area contributed by atoms with Crippen molar-refractivity contribution in [3.8, 4) is 0 Å². The normalized spacial score (nSPS) is 11.6. The summed E-state index contributed by atoms with van der Waals surface area (Å²) in [5.41, 5.74) is 7.10. The maximum atomic E-state index is 13.3. The van der Waals surface area contributed by atoms with Crippen molar-refractivity contribution in [3.63, 3.8) is 0 Å². The third-order valence-electron chi connectivity index (χ3n) is 2.59. The van der Waals surface area contributed by atoms with Crippen LogP contribution in [0.2, 0.25) is 5.02 Å². The van der Waals surface area contributed by atoms with Gasteiger partial charge in [-0.1, -0.05) is 11.6 Å². The molecule has 0 bridgehead atoms. The molecule has 0 unspecified atom stereocenters. The van der Waals surface area contributed by atoms with Crippen LogP contribution in [-0.2, 0) is 6.54 Å². The fourth-order valence-electron chi connectivity index (χ4n) is 1.67. The second kappa shape index (κ2) is 4.50. The van der Waals surface area contributed by atoms with Crippen molar-refractivity contribution in [1.82, 2.24) is 14.5 Å². The number of benzene rings is 1. The molecule has 2 N–H and O–H groups in total. The molecular weight excluding hydrogens is 243 g/mol. The molecule has 1 aromatic heterocycles. The van der Waals surface area contributed by atoms with Crippen LogP contribution >= 0.6 is 11.6 Å². The number of rotatable bonds is 3. The molecule has 0 amide bonds. The van der Waals surface area contributed by atoms with Gasteiger partial charge >= 0.3 is 0 Å². The van der Waals surface area contributed by atoms with Crippen molar-refractivity contribution in [2.24, 2.45) is 0 Å².